The fourth-order valence-electron chi connectivity index (χ4n) is 3.61. The van der Waals surface area contributed by atoms with Crippen LogP contribution in [0, 0.1) is 11.3 Å². The van der Waals surface area contributed by atoms with E-state index in [1.54, 1.807) is 0 Å². The van der Waals surface area contributed by atoms with Gasteiger partial charge in [0.1, 0.15) is 5.60 Å². The first kappa shape index (κ1) is 18.1. The summed E-state index contributed by atoms with van der Waals surface area (Å²) in [7, 11) is 0. The minimum Gasteiger partial charge on any atom is -0.466 e. The summed E-state index contributed by atoms with van der Waals surface area (Å²) in [6, 6.07) is 0. The van der Waals surface area contributed by atoms with E-state index in [1.807, 2.05) is 32.6 Å². The Bertz CT molecular complexity index is 429. The van der Waals surface area contributed by atoms with Crippen molar-refractivity contribution >= 4 is 12.1 Å². The molecule has 2 aliphatic rings. The van der Waals surface area contributed by atoms with Crippen molar-refractivity contribution in [1.82, 2.24) is 4.90 Å². The molecule has 0 aromatic rings. The van der Waals surface area contributed by atoms with Gasteiger partial charge in [-0.2, -0.15) is 0 Å². The maximum Gasteiger partial charge on any atom is 0.410 e. The monoisotopic (exact) mass is 325 g/mol. The molecule has 5 nitrogen and oxygen atoms in total. The third-order valence-electron chi connectivity index (χ3n) is 5.04. The van der Waals surface area contributed by atoms with Gasteiger partial charge in [0, 0.05) is 19.5 Å². The Morgan fingerprint density at radius 2 is 1.78 bits per heavy atom. The summed E-state index contributed by atoms with van der Waals surface area (Å²) in [4.78, 5) is 25.5. The summed E-state index contributed by atoms with van der Waals surface area (Å²) in [6.45, 7) is 9.52. The van der Waals surface area contributed by atoms with Crippen molar-refractivity contribution in [2.45, 2.75) is 71.8 Å². The zero-order chi connectivity index (χ0) is 17.1. The molecule has 1 heterocycles. The molecule has 1 aliphatic carbocycles. The van der Waals surface area contributed by atoms with Crippen molar-refractivity contribution in [1.29, 1.82) is 0 Å². The molecule has 5 heteroatoms. The molecule has 0 spiro atoms. The Morgan fingerprint density at radius 3 is 2.26 bits per heavy atom. The Hall–Kier alpha value is -1.26. The van der Waals surface area contributed by atoms with Crippen LogP contribution in [-0.4, -0.2) is 42.3 Å². The highest BCUT2D eigenvalue weighted by Gasteiger charge is 2.49. The number of amides is 1. The molecule has 2 fully saturated rings. The maximum atomic E-state index is 12.1. The number of nitrogens with zero attached hydrogens (tertiary/aromatic N) is 1. The molecule has 1 saturated carbocycles. The van der Waals surface area contributed by atoms with Gasteiger partial charge in [0.05, 0.1) is 6.61 Å². The van der Waals surface area contributed by atoms with Crippen molar-refractivity contribution in [3.8, 4) is 0 Å². The number of ether oxygens (including phenoxy) is 2. The van der Waals surface area contributed by atoms with Gasteiger partial charge >= 0.3 is 12.1 Å². The lowest BCUT2D eigenvalue weighted by Gasteiger charge is -2.37. The van der Waals surface area contributed by atoms with Gasteiger partial charge in [0.15, 0.2) is 0 Å². The second-order valence-corrected chi connectivity index (χ2v) is 7.91. The maximum absolute atomic E-state index is 12.1. The molecule has 1 amide bonds. The van der Waals surface area contributed by atoms with Crippen LogP contribution in [0.1, 0.15) is 66.2 Å². The molecule has 0 aromatic heterocycles. The third-order valence-corrected chi connectivity index (χ3v) is 5.04. The SMILES string of the molecule is CCOC(=O)CCC1(C2CCN(C(=O)OC(C)(C)C)CC2)CC1. The molecule has 1 aliphatic heterocycles. The molecule has 0 unspecified atom stereocenters. The fraction of sp³-hybridized carbons (Fsp3) is 0.889. The first-order valence-corrected chi connectivity index (χ1v) is 8.89. The quantitative estimate of drug-likeness (QED) is 0.722. The second-order valence-electron chi connectivity index (χ2n) is 7.91. The predicted molar refractivity (Wildman–Crippen MR) is 88.1 cm³/mol. The number of rotatable bonds is 5. The summed E-state index contributed by atoms with van der Waals surface area (Å²) in [5.41, 5.74) is -0.113. The summed E-state index contributed by atoms with van der Waals surface area (Å²) in [5.74, 6) is 0.542. The summed E-state index contributed by atoms with van der Waals surface area (Å²) in [5, 5.41) is 0. The lowest BCUT2D eigenvalue weighted by atomic mass is 9.79. The highest BCUT2D eigenvalue weighted by Crippen LogP contribution is 2.58. The Kier molecular flexibility index (Phi) is 5.58. The van der Waals surface area contributed by atoms with Crippen molar-refractivity contribution in [3.63, 3.8) is 0 Å². The number of esters is 1. The van der Waals surface area contributed by atoms with Crippen LogP contribution in [0.15, 0.2) is 0 Å². The van der Waals surface area contributed by atoms with Crippen LogP contribution in [0.3, 0.4) is 0 Å². The smallest absolute Gasteiger partial charge is 0.410 e. The topological polar surface area (TPSA) is 55.8 Å². The number of carbonyl (C=O) groups is 2. The lowest BCUT2D eigenvalue weighted by molar-refractivity contribution is -0.143. The van der Waals surface area contributed by atoms with Crippen LogP contribution in [0.4, 0.5) is 4.79 Å². The zero-order valence-electron chi connectivity index (χ0n) is 15.0. The van der Waals surface area contributed by atoms with E-state index in [2.05, 4.69) is 0 Å². The Labute approximate surface area is 139 Å². The first-order chi connectivity index (χ1) is 10.8. The van der Waals surface area contributed by atoms with Crippen molar-refractivity contribution in [3.05, 3.63) is 0 Å². The molecular formula is C18H31NO4. The van der Waals surface area contributed by atoms with Crippen LogP contribution >= 0.6 is 0 Å². The van der Waals surface area contributed by atoms with Gasteiger partial charge in [-0.3, -0.25) is 4.79 Å². The second kappa shape index (κ2) is 7.10. The van der Waals surface area contributed by atoms with E-state index in [4.69, 9.17) is 9.47 Å². The van der Waals surface area contributed by atoms with E-state index >= 15 is 0 Å². The minimum atomic E-state index is -0.439. The van der Waals surface area contributed by atoms with Crippen LogP contribution in [-0.2, 0) is 14.3 Å². The van der Waals surface area contributed by atoms with Gasteiger partial charge in [-0.1, -0.05) is 0 Å². The van der Waals surface area contributed by atoms with Gasteiger partial charge in [-0.25, -0.2) is 4.79 Å². The van der Waals surface area contributed by atoms with Crippen LogP contribution in [0.5, 0.6) is 0 Å². The first-order valence-electron chi connectivity index (χ1n) is 8.89. The Balaban J connectivity index is 1.78. The van der Waals surface area contributed by atoms with Crippen molar-refractivity contribution in [2.75, 3.05) is 19.7 Å². The molecule has 0 radical (unpaired) electrons. The minimum absolute atomic E-state index is 0.0787. The van der Waals surface area contributed by atoms with Crippen molar-refractivity contribution < 1.29 is 19.1 Å². The molecule has 23 heavy (non-hydrogen) atoms. The molecule has 0 N–H and O–H groups in total. The zero-order valence-corrected chi connectivity index (χ0v) is 15.0. The Morgan fingerprint density at radius 1 is 1.17 bits per heavy atom. The van der Waals surface area contributed by atoms with Crippen LogP contribution in [0.2, 0.25) is 0 Å². The number of likely N-dealkylation sites (tertiary alicyclic amines) is 1. The van der Waals surface area contributed by atoms with E-state index in [0.29, 0.717) is 24.4 Å². The largest absolute Gasteiger partial charge is 0.466 e. The molecule has 0 bridgehead atoms. The molecule has 132 valence electrons. The highest BCUT2D eigenvalue weighted by molar-refractivity contribution is 5.69. The molecule has 1 saturated heterocycles. The summed E-state index contributed by atoms with van der Waals surface area (Å²) >= 11 is 0. The van der Waals surface area contributed by atoms with E-state index < -0.39 is 5.60 Å². The average molecular weight is 325 g/mol. The molecular weight excluding hydrogens is 294 g/mol. The van der Waals surface area contributed by atoms with E-state index in [9.17, 15) is 9.59 Å². The lowest BCUT2D eigenvalue weighted by Crippen LogP contribution is -2.43. The predicted octanol–water partition coefficient (Wildman–Crippen LogP) is 3.76. The van der Waals surface area contributed by atoms with Gasteiger partial charge in [-0.05, 0) is 71.1 Å². The average Bonchev–Trinajstić information content (AvgIpc) is 3.25. The molecule has 2 rings (SSSR count). The summed E-state index contributed by atoms with van der Waals surface area (Å²) in [6.07, 6.45) is 5.72. The van der Waals surface area contributed by atoms with E-state index in [-0.39, 0.29) is 12.1 Å². The number of hydrogen-bond donors (Lipinski definition) is 0. The van der Waals surface area contributed by atoms with E-state index in [0.717, 1.165) is 32.4 Å². The van der Waals surface area contributed by atoms with Gasteiger partial charge in [0.2, 0.25) is 0 Å². The van der Waals surface area contributed by atoms with Crippen LogP contribution in [0.25, 0.3) is 0 Å². The van der Waals surface area contributed by atoms with Gasteiger partial charge in [-0.15, -0.1) is 0 Å². The molecule has 0 aromatic carbocycles. The number of piperidine rings is 1. The number of hydrogen-bond acceptors (Lipinski definition) is 4. The standard InChI is InChI=1S/C18H31NO4/c1-5-22-15(20)6-9-18(10-11-18)14-7-12-19(13-8-14)16(21)23-17(2,3)4/h14H,5-13H2,1-4H3. The normalized spacial score (nSPS) is 21.0. The number of carbonyl (C=O) groups excluding carboxylic acids is 2. The summed E-state index contributed by atoms with van der Waals surface area (Å²) < 4.78 is 10.5. The fourth-order valence-corrected chi connectivity index (χ4v) is 3.61. The molecule has 0 atom stereocenters. The highest BCUT2D eigenvalue weighted by atomic mass is 16.6. The van der Waals surface area contributed by atoms with Gasteiger partial charge < -0.3 is 14.4 Å². The van der Waals surface area contributed by atoms with Crippen LogP contribution < -0.4 is 0 Å². The third kappa shape index (κ3) is 5.11. The van der Waals surface area contributed by atoms with Crippen molar-refractivity contribution in [2.24, 2.45) is 11.3 Å². The van der Waals surface area contributed by atoms with Gasteiger partial charge in [0.25, 0.3) is 0 Å². The van der Waals surface area contributed by atoms with E-state index in [1.165, 1.54) is 12.8 Å².